The molecule has 0 atom stereocenters. The first kappa shape index (κ1) is 13.9. The fourth-order valence-electron chi connectivity index (χ4n) is 1.34. The molecule has 94 valence electrons. The first-order chi connectivity index (χ1) is 7.87. The lowest BCUT2D eigenvalue weighted by Crippen LogP contribution is -2.36. The van der Waals surface area contributed by atoms with Gasteiger partial charge in [-0.2, -0.15) is 11.8 Å². The summed E-state index contributed by atoms with van der Waals surface area (Å²) in [7, 11) is 0. The predicted molar refractivity (Wildman–Crippen MR) is 75.5 cm³/mol. The van der Waals surface area contributed by atoms with Gasteiger partial charge in [-0.3, -0.25) is 4.79 Å². The van der Waals surface area contributed by atoms with Gasteiger partial charge in [0, 0.05) is 17.0 Å². The summed E-state index contributed by atoms with van der Waals surface area (Å²) >= 11 is 1.73. The van der Waals surface area contributed by atoms with Crippen LogP contribution in [0.25, 0.3) is 0 Å². The number of thioether (sulfide) groups is 1. The number of nitrogens with one attached hydrogen (secondary N) is 1. The van der Waals surface area contributed by atoms with Crippen LogP contribution in [0.3, 0.4) is 0 Å². The summed E-state index contributed by atoms with van der Waals surface area (Å²) in [5.74, 6) is -0.103. The van der Waals surface area contributed by atoms with Gasteiger partial charge >= 0.3 is 0 Å². The van der Waals surface area contributed by atoms with Gasteiger partial charge in [-0.05, 0) is 38.7 Å². The van der Waals surface area contributed by atoms with Gasteiger partial charge in [0.25, 0.3) is 5.91 Å². The first-order valence-corrected chi connectivity index (χ1v) is 6.78. The molecule has 0 aromatic heterocycles. The number of para-hydroxylation sites is 1. The normalized spacial score (nSPS) is 11.3. The Morgan fingerprint density at radius 2 is 2.12 bits per heavy atom. The lowest BCUT2D eigenvalue weighted by molar-refractivity contribution is 0.0951. The van der Waals surface area contributed by atoms with E-state index in [2.05, 4.69) is 19.2 Å². The molecule has 0 saturated carbocycles. The van der Waals surface area contributed by atoms with E-state index in [-0.39, 0.29) is 10.7 Å². The van der Waals surface area contributed by atoms with E-state index in [1.807, 2.05) is 25.3 Å². The number of anilines is 1. The molecule has 0 radical (unpaired) electrons. The van der Waals surface area contributed by atoms with E-state index in [4.69, 9.17) is 5.73 Å². The van der Waals surface area contributed by atoms with Crippen molar-refractivity contribution in [2.45, 2.75) is 25.5 Å². The summed E-state index contributed by atoms with van der Waals surface area (Å²) in [6.45, 7) is 6.72. The molecule has 3 N–H and O–H groups in total. The number of carbonyl (C=O) groups excluding carboxylic acids is 1. The van der Waals surface area contributed by atoms with Gasteiger partial charge < -0.3 is 11.1 Å². The van der Waals surface area contributed by atoms with Crippen LogP contribution in [-0.2, 0) is 0 Å². The van der Waals surface area contributed by atoms with Gasteiger partial charge in [-0.1, -0.05) is 12.1 Å². The van der Waals surface area contributed by atoms with Crippen LogP contribution in [0.2, 0.25) is 0 Å². The first-order valence-electron chi connectivity index (χ1n) is 5.56. The second-order valence-corrected chi connectivity index (χ2v) is 6.20. The summed E-state index contributed by atoms with van der Waals surface area (Å²) in [5, 5.41) is 2.92. The molecular formula is C13H20N2OS. The second kappa shape index (κ2) is 5.45. The molecule has 3 nitrogen and oxygen atoms in total. The van der Waals surface area contributed by atoms with Crippen molar-refractivity contribution >= 4 is 23.4 Å². The average molecular weight is 252 g/mol. The molecule has 17 heavy (non-hydrogen) atoms. The van der Waals surface area contributed by atoms with Gasteiger partial charge in [0.2, 0.25) is 0 Å². The summed E-state index contributed by atoms with van der Waals surface area (Å²) in [6.07, 6.45) is 2.03. The third kappa shape index (κ3) is 3.66. The van der Waals surface area contributed by atoms with Crippen molar-refractivity contribution in [1.29, 1.82) is 0 Å². The molecule has 0 aliphatic rings. The summed E-state index contributed by atoms with van der Waals surface area (Å²) in [5.41, 5.74) is 7.94. The minimum atomic E-state index is -0.103. The Labute approximate surface area is 107 Å². The number of aryl methyl sites for hydroxylation is 1. The van der Waals surface area contributed by atoms with Crippen molar-refractivity contribution < 1.29 is 4.79 Å². The molecule has 4 heteroatoms. The Morgan fingerprint density at radius 1 is 1.47 bits per heavy atom. The zero-order chi connectivity index (χ0) is 13.1. The fraction of sp³-hybridized carbons (Fsp3) is 0.462. The van der Waals surface area contributed by atoms with Gasteiger partial charge in [0.15, 0.2) is 0 Å². The molecule has 0 heterocycles. The number of amides is 1. The summed E-state index contributed by atoms with van der Waals surface area (Å²) < 4.78 is 0.0360. The number of nitrogens with two attached hydrogens (primary N) is 1. The highest BCUT2D eigenvalue weighted by Gasteiger charge is 2.18. The van der Waals surface area contributed by atoms with E-state index < -0.39 is 0 Å². The van der Waals surface area contributed by atoms with Crippen LogP contribution in [0, 0.1) is 6.92 Å². The Balaban J connectivity index is 2.74. The van der Waals surface area contributed by atoms with E-state index in [0.29, 0.717) is 17.8 Å². The number of hydrogen-bond donors (Lipinski definition) is 2. The number of nitrogen functional groups attached to an aromatic ring is 1. The molecule has 1 aromatic rings. The minimum absolute atomic E-state index is 0.0360. The molecule has 1 aromatic carbocycles. The van der Waals surface area contributed by atoms with E-state index in [1.54, 1.807) is 17.8 Å². The van der Waals surface area contributed by atoms with Gasteiger partial charge in [-0.25, -0.2) is 0 Å². The van der Waals surface area contributed by atoms with Crippen molar-refractivity contribution in [2.75, 3.05) is 18.5 Å². The standard InChI is InChI=1S/C13H20N2OS/c1-9-6-5-7-10(11(9)14)12(16)15-8-13(2,3)17-4/h5-7H,8,14H2,1-4H3,(H,15,16). The van der Waals surface area contributed by atoms with Crippen LogP contribution in [-0.4, -0.2) is 23.5 Å². The van der Waals surface area contributed by atoms with Crippen molar-refractivity contribution in [3.8, 4) is 0 Å². The average Bonchev–Trinajstić information content (AvgIpc) is 2.30. The lowest BCUT2D eigenvalue weighted by atomic mass is 10.1. The third-order valence-corrected chi connectivity index (χ3v) is 4.05. The van der Waals surface area contributed by atoms with Crippen molar-refractivity contribution in [3.63, 3.8) is 0 Å². The van der Waals surface area contributed by atoms with Crippen molar-refractivity contribution in [3.05, 3.63) is 29.3 Å². The SMILES string of the molecule is CSC(C)(C)CNC(=O)c1cccc(C)c1N. The molecular weight excluding hydrogens is 232 g/mol. The minimum Gasteiger partial charge on any atom is -0.398 e. The topological polar surface area (TPSA) is 55.1 Å². The summed E-state index contributed by atoms with van der Waals surface area (Å²) in [6, 6.07) is 5.50. The Hall–Kier alpha value is -1.16. The Morgan fingerprint density at radius 3 is 2.71 bits per heavy atom. The van der Waals surface area contributed by atoms with E-state index in [0.717, 1.165) is 5.56 Å². The van der Waals surface area contributed by atoms with Crippen LogP contribution >= 0.6 is 11.8 Å². The lowest BCUT2D eigenvalue weighted by Gasteiger charge is -2.22. The van der Waals surface area contributed by atoms with Crippen molar-refractivity contribution in [2.24, 2.45) is 0 Å². The molecule has 0 fully saturated rings. The molecule has 1 amide bonds. The highest BCUT2D eigenvalue weighted by atomic mass is 32.2. The highest BCUT2D eigenvalue weighted by molar-refractivity contribution is 7.99. The zero-order valence-electron chi connectivity index (χ0n) is 10.8. The number of rotatable bonds is 4. The van der Waals surface area contributed by atoms with Gasteiger partial charge in [0.05, 0.1) is 5.56 Å². The zero-order valence-corrected chi connectivity index (χ0v) is 11.6. The number of carbonyl (C=O) groups is 1. The second-order valence-electron chi connectivity index (χ2n) is 4.68. The summed E-state index contributed by atoms with van der Waals surface area (Å²) in [4.78, 5) is 12.0. The predicted octanol–water partition coefficient (Wildman–Crippen LogP) is 2.45. The van der Waals surface area contributed by atoms with Crippen LogP contribution in [0.15, 0.2) is 18.2 Å². The van der Waals surface area contributed by atoms with Gasteiger partial charge in [-0.15, -0.1) is 0 Å². The van der Waals surface area contributed by atoms with E-state index >= 15 is 0 Å². The monoisotopic (exact) mass is 252 g/mol. The number of hydrogen-bond acceptors (Lipinski definition) is 3. The maximum atomic E-state index is 12.0. The van der Waals surface area contributed by atoms with Crippen LogP contribution in [0.4, 0.5) is 5.69 Å². The molecule has 0 saturated heterocycles. The van der Waals surface area contributed by atoms with Crippen LogP contribution in [0.5, 0.6) is 0 Å². The maximum Gasteiger partial charge on any atom is 0.253 e. The molecule has 0 aliphatic heterocycles. The fourth-order valence-corrected chi connectivity index (χ4v) is 1.56. The molecule has 0 bridgehead atoms. The molecule has 1 rings (SSSR count). The third-order valence-electron chi connectivity index (χ3n) is 2.80. The van der Waals surface area contributed by atoms with Gasteiger partial charge in [0.1, 0.15) is 0 Å². The highest BCUT2D eigenvalue weighted by Crippen LogP contribution is 2.20. The quantitative estimate of drug-likeness (QED) is 0.809. The maximum absolute atomic E-state index is 12.0. The largest absolute Gasteiger partial charge is 0.398 e. The van der Waals surface area contributed by atoms with Crippen molar-refractivity contribution in [1.82, 2.24) is 5.32 Å². The van der Waals surface area contributed by atoms with E-state index in [1.165, 1.54) is 0 Å². The molecule has 0 aliphatic carbocycles. The molecule has 0 unspecified atom stereocenters. The Bertz CT molecular complexity index is 416. The van der Waals surface area contributed by atoms with E-state index in [9.17, 15) is 4.79 Å². The van der Waals surface area contributed by atoms with Crippen LogP contribution in [0.1, 0.15) is 29.8 Å². The van der Waals surface area contributed by atoms with Crippen LogP contribution < -0.4 is 11.1 Å². The molecule has 0 spiro atoms. The number of benzene rings is 1. The Kier molecular flexibility index (Phi) is 4.46. The smallest absolute Gasteiger partial charge is 0.253 e.